The number of rotatable bonds is 8. The molecule has 1 aliphatic heterocycles. The van der Waals surface area contributed by atoms with Gasteiger partial charge in [0, 0.05) is 37.1 Å². The van der Waals surface area contributed by atoms with E-state index in [1.165, 1.54) is 7.11 Å². The third kappa shape index (κ3) is 5.07. The number of carbonyl (C=O) groups is 1. The van der Waals surface area contributed by atoms with E-state index in [2.05, 4.69) is 20.7 Å². The van der Waals surface area contributed by atoms with Gasteiger partial charge in [0.05, 0.1) is 12.8 Å². The average molecular weight is 290 g/mol. The summed E-state index contributed by atoms with van der Waals surface area (Å²) in [7, 11) is 1.43. The van der Waals surface area contributed by atoms with E-state index in [1.807, 2.05) is 29.5 Å². The first-order valence-corrected chi connectivity index (χ1v) is 7.27. The van der Waals surface area contributed by atoms with Crippen molar-refractivity contribution >= 4 is 11.7 Å². The fourth-order valence-corrected chi connectivity index (χ4v) is 2.15. The van der Waals surface area contributed by atoms with Crippen molar-refractivity contribution in [2.45, 2.75) is 32.1 Å². The summed E-state index contributed by atoms with van der Waals surface area (Å²) in [6.45, 7) is 0.926. The molecule has 0 fully saturated rings. The lowest BCUT2D eigenvalue weighted by Crippen LogP contribution is -2.36. The standard InChI is InChI=1S/C15H22N4O2/c1-21-15(20)8-4-2-3-5-10-19-12-14(17-18-19)13-7-6-9-16-11-13/h6-7,9,11-12,17-18H,2-5,8,10H2,1H3. The van der Waals surface area contributed by atoms with E-state index in [9.17, 15) is 4.79 Å². The van der Waals surface area contributed by atoms with Gasteiger partial charge in [-0.1, -0.05) is 12.8 Å². The normalized spacial score (nSPS) is 13.8. The van der Waals surface area contributed by atoms with Crippen LogP contribution >= 0.6 is 0 Å². The summed E-state index contributed by atoms with van der Waals surface area (Å²) < 4.78 is 4.61. The number of carbonyl (C=O) groups excluding carboxylic acids is 1. The van der Waals surface area contributed by atoms with Crippen LogP contribution in [0.4, 0.5) is 0 Å². The van der Waals surface area contributed by atoms with E-state index >= 15 is 0 Å². The van der Waals surface area contributed by atoms with Crippen LogP contribution in [-0.4, -0.2) is 29.6 Å². The molecule has 114 valence electrons. The number of hydrogen-bond donors (Lipinski definition) is 2. The van der Waals surface area contributed by atoms with Gasteiger partial charge in [-0.15, -0.1) is 5.53 Å². The zero-order valence-electron chi connectivity index (χ0n) is 12.3. The smallest absolute Gasteiger partial charge is 0.305 e. The molecule has 2 N–H and O–H groups in total. The van der Waals surface area contributed by atoms with Gasteiger partial charge in [0.25, 0.3) is 0 Å². The molecule has 0 aliphatic carbocycles. The summed E-state index contributed by atoms with van der Waals surface area (Å²) in [4.78, 5) is 15.1. The van der Waals surface area contributed by atoms with Gasteiger partial charge in [-0.25, -0.2) is 0 Å². The minimum absolute atomic E-state index is 0.121. The molecule has 21 heavy (non-hydrogen) atoms. The Morgan fingerprint density at radius 3 is 2.95 bits per heavy atom. The monoisotopic (exact) mass is 290 g/mol. The lowest BCUT2D eigenvalue weighted by Gasteiger charge is -2.14. The van der Waals surface area contributed by atoms with Gasteiger partial charge in [-0.2, -0.15) is 0 Å². The maximum Gasteiger partial charge on any atom is 0.305 e. The highest BCUT2D eigenvalue weighted by molar-refractivity contribution is 5.69. The molecule has 0 bridgehead atoms. The van der Waals surface area contributed by atoms with Crippen molar-refractivity contribution in [1.29, 1.82) is 0 Å². The molecule has 0 aromatic carbocycles. The number of ether oxygens (including phenoxy) is 1. The molecule has 1 aliphatic rings. The molecular weight excluding hydrogens is 268 g/mol. The second-order valence-electron chi connectivity index (χ2n) is 4.96. The quantitative estimate of drug-likeness (QED) is 0.562. The Labute approximate surface area is 125 Å². The van der Waals surface area contributed by atoms with E-state index < -0.39 is 0 Å². The third-order valence-corrected chi connectivity index (χ3v) is 3.35. The van der Waals surface area contributed by atoms with Crippen molar-refractivity contribution in [3.05, 3.63) is 36.3 Å². The highest BCUT2D eigenvalue weighted by atomic mass is 16.5. The summed E-state index contributed by atoms with van der Waals surface area (Å²) in [5, 5.41) is 2.03. The molecule has 0 amide bonds. The molecule has 0 radical (unpaired) electrons. The minimum Gasteiger partial charge on any atom is -0.469 e. The fourth-order valence-electron chi connectivity index (χ4n) is 2.15. The van der Waals surface area contributed by atoms with Crippen LogP contribution < -0.4 is 11.0 Å². The SMILES string of the molecule is COC(=O)CCCCCCN1C=C(c2cccnc2)NN1. The Hall–Kier alpha value is -2.08. The molecule has 0 saturated carbocycles. The summed E-state index contributed by atoms with van der Waals surface area (Å²) in [5.41, 5.74) is 8.33. The second-order valence-corrected chi connectivity index (χ2v) is 4.96. The molecule has 6 nitrogen and oxygen atoms in total. The van der Waals surface area contributed by atoms with Crippen LogP contribution in [0.5, 0.6) is 0 Å². The zero-order chi connectivity index (χ0) is 14.9. The lowest BCUT2D eigenvalue weighted by atomic mass is 10.1. The molecule has 0 spiro atoms. The Morgan fingerprint density at radius 2 is 2.19 bits per heavy atom. The molecule has 6 heteroatoms. The molecule has 0 atom stereocenters. The van der Waals surface area contributed by atoms with Crippen molar-refractivity contribution in [3.63, 3.8) is 0 Å². The Bertz CT molecular complexity index is 476. The van der Waals surface area contributed by atoms with Crippen molar-refractivity contribution in [2.24, 2.45) is 0 Å². The highest BCUT2D eigenvalue weighted by Crippen LogP contribution is 2.14. The molecule has 0 unspecified atom stereocenters. The van der Waals surface area contributed by atoms with Gasteiger partial charge in [-0.3, -0.25) is 14.8 Å². The van der Waals surface area contributed by atoms with Gasteiger partial charge >= 0.3 is 5.97 Å². The number of nitrogens with one attached hydrogen (secondary N) is 2. The Kier molecular flexibility index (Phi) is 6.02. The van der Waals surface area contributed by atoms with Gasteiger partial charge in [0.1, 0.15) is 0 Å². The first-order valence-electron chi connectivity index (χ1n) is 7.27. The summed E-state index contributed by atoms with van der Waals surface area (Å²) in [6.07, 6.45) is 10.3. The minimum atomic E-state index is -0.121. The maximum absolute atomic E-state index is 11.0. The number of methoxy groups -OCH3 is 1. The first-order chi connectivity index (χ1) is 10.3. The number of hydrogen-bond acceptors (Lipinski definition) is 6. The van der Waals surface area contributed by atoms with Crippen molar-refractivity contribution in [3.8, 4) is 0 Å². The number of pyridine rings is 1. The van der Waals surface area contributed by atoms with E-state index in [4.69, 9.17) is 0 Å². The largest absolute Gasteiger partial charge is 0.469 e. The molecule has 1 aromatic rings. The van der Waals surface area contributed by atoms with E-state index in [-0.39, 0.29) is 5.97 Å². The van der Waals surface area contributed by atoms with Crippen molar-refractivity contribution in [2.75, 3.05) is 13.7 Å². The molecule has 1 aromatic heterocycles. The maximum atomic E-state index is 11.0. The van der Waals surface area contributed by atoms with Crippen LogP contribution in [-0.2, 0) is 9.53 Å². The summed E-state index contributed by atoms with van der Waals surface area (Å²) in [5.74, 6) is -0.121. The topological polar surface area (TPSA) is 66.5 Å². The summed E-state index contributed by atoms with van der Waals surface area (Å²) >= 11 is 0. The highest BCUT2D eigenvalue weighted by Gasteiger charge is 2.11. The van der Waals surface area contributed by atoms with E-state index in [0.29, 0.717) is 6.42 Å². The fraction of sp³-hybridized carbons (Fsp3) is 0.467. The lowest BCUT2D eigenvalue weighted by molar-refractivity contribution is -0.140. The van der Waals surface area contributed by atoms with Crippen molar-refractivity contribution in [1.82, 2.24) is 21.0 Å². The third-order valence-electron chi connectivity index (χ3n) is 3.35. The van der Waals surface area contributed by atoms with Crippen molar-refractivity contribution < 1.29 is 9.53 Å². The van der Waals surface area contributed by atoms with E-state index in [0.717, 1.165) is 43.5 Å². The van der Waals surface area contributed by atoms with Gasteiger partial charge < -0.3 is 10.2 Å². The Morgan fingerprint density at radius 1 is 1.33 bits per heavy atom. The number of hydrazine groups is 2. The number of aromatic nitrogens is 1. The van der Waals surface area contributed by atoms with Crippen LogP contribution in [0.1, 0.15) is 37.7 Å². The predicted molar refractivity (Wildman–Crippen MR) is 80.3 cm³/mol. The molecule has 0 saturated heterocycles. The molecule has 2 rings (SSSR count). The summed E-state index contributed by atoms with van der Waals surface area (Å²) in [6, 6.07) is 3.94. The van der Waals surface area contributed by atoms with Gasteiger partial charge in [-0.05, 0) is 25.0 Å². The number of nitrogens with zero attached hydrogens (tertiary/aromatic N) is 2. The number of esters is 1. The van der Waals surface area contributed by atoms with Crippen LogP contribution in [0.2, 0.25) is 0 Å². The molecular formula is C15H22N4O2. The van der Waals surface area contributed by atoms with E-state index in [1.54, 1.807) is 6.20 Å². The van der Waals surface area contributed by atoms with Gasteiger partial charge in [0.2, 0.25) is 0 Å². The van der Waals surface area contributed by atoms with Crippen LogP contribution in [0.15, 0.2) is 30.7 Å². The predicted octanol–water partition coefficient (Wildman–Crippen LogP) is 1.83. The first kappa shape index (κ1) is 15.3. The van der Waals surface area contributed by atoms with Crippen LogP contribution in [0.3, 0.4) is 0 Å². The Balaban J connectivity index is 1.62. The van der Waals surface area contributed by atoms with Crippen LogP contribution in [0, 0.1) is 0 Å². The van der Waals surface area contributed by atoms with Gasteiger partial charge in [0.15, 0.2) is 0 Å². The zero-order valence-corrected chi connectivity index (χ0v) is 12.3. The second kappa shape index (κ2) is 8.26. The average Bonchev–Trinajstić information content (AvgIpc) is 3.00. The molecule has 2 heterocycles. The van der Waals surface area contributed by atoms with Crippen LogP contribution in [0.25, 0.3) is 5.70 Å². The number of unbranched alkanes of at least 4 members (excludes halogenated alkanes) is 3.